The van der Waals surface area contributed by atoms with Crippen molar-refractivity contribution in [3.8, 4) is 0 Å². The van der Waals surface area contributed by atoms with Gasteiger partial charge in [-0.3, -0.25) is 10.1 Å². The van der Waals surface area contributed by atoms with Crippen molar-refractivity contribution in [2.75, 3.05) is 11.9 Å². The molecule has 0 amide bonds. The molecule has 0 N–H and O–H groups in total. The average molecular weight is 329 g/mol. The Morgan fingerprint density at radius 1 is 1.42 bits per heavy atom. The predicted octanol–water partition coefficient (Wildman–Crippen LogP) is 4.36. The second-order valence-electron chi connectivity index (χ2n) is 5.86. The van der Waals surface area contributed by atoms with Crippen LogP contribution in [-0.2, 0) is 5.33 Å². The second kappa shape index (κ2) is 5.90. The average Bonchev–Trinajstić information content (AvgIpc) is 2.34. The molecule has 0 aromatic heterocycles. The Bertz CT molecular complexity index is 469. The van der Waals surface area contributed by atoms with E-state index < -0.39 is 0 Å². The number of rotatable bonds is 4. The summed E-state index contributed by atoms with van der Waals surface area (Å²) in [5, 5.41) is 11.4. The molecule has 106 valence electrons. The molecule has 1 aromatic carbocycles. The molecule has 0 saturated carbocycles. The maximum atomic E-state index is 10.8. The summed E-state index contributed by atoms with van der Waals surface area (Å²) in [5.74, 6) is 0. The van der Waals surface area contributed by atoms with E-state index in [4.69, 9.17) is 0 Å². The highest BCUT2D eigenvalue weighted by Crippen LogP contribution is 2.32. The lowest BCUT2D eigenvalue weighted by atomic mass is 9.86. The zero-order valence-corrected chi connectivity index (χ0v) is 13.7. The molecule has 0 heterocycles. The summed E-state index contributed by atoms with van der Waals surface area (Å²) in [6.45, 7) is 8.73. The smallest absolute Gasteiger partial charge is 0.269 e. The van der Waals surface area contributed by atoms with E-state index in [0.717, 1.165) is 11.3 Å². The lowest BCUT2D eigenvalue weighted by Crippen LogP contribution is -2.39. The fourth-order valence-corrected chi connectivity index (χ4v) is 2.38. The Hall–Kier alpha value is -1.10. The zero-order chi connectivity index (χ0) is 14.8. The number of anilines is 1. The molecule has 0 radical (unpaired) electrons. The maximum Gasteiger partial charge on any atom is 0.269 e. The summed E-state index contributed by atoms with van der Waals surface area (Å²) >= 11 is 3.41. The molecule has 0 aliphatic rings. The Balaban J connectivity index is 3.17. The van der Waals surface area contributed by atoms with Crippen LogP contribution in [0.1, 0.15) is 33.3 Å². The van der Waals surface area contributed by atoms with Gasteiger partial charge in [-0.25, -0.2) is 0 Å². The monoisotopic (exact) mass is 328 g/mol. The van der Waals surface area contributed by atoms with Crippen LogP contribution in [-0.4, -0.2) is 18.0 Å². The third kappa shape index (κ3) is 3.69. The van der Waals surface area contributed by atoms with Crippen molar-refractivity contribution < 1.29 is 4.92 Å². The van der Waals surface area contributed by atoms with Gasteiger partial charge in [0.2, 0.25) is 0 Å². The predicted molar refractivity (Wildman–Crippen MR) is 83.0 cm³/mol. The van der Waals surface area contributed by atoms with Crippen LogP contribution in [0.5, 0.6) is 0 Å². The van der Waals surface area contributed by atoms with Gasteiger partial charge in [-0.05, 0) is 24.0 Å². The van der Waals surface area contributed by atoms with E-state index in [1.807, 2.05) is 13.1 Å². The van der Waals surface area contributed by atoms with Gasteiger partial charge in [0.05, 0.1) is 4.92 Å². The van der Waals surface area contributed by atoms with Crippen molar-refractivity contribution in [1.29, 1.82) is 0 Å². The molecule has 0 aliphatic carbocycles. The van der Waals surface area contributed by atoms with E-state index in [1.165, 1.54) is 0 Å². The standard InChI is InChI=1S/C14H21BrN2O2/c1-10(14(2,3)4)16(5)13-7-6-12(17(18)19)8-11(13)9-15/h6-8,10H,9H2,1-5H3. The van der Waals surface area contributed by atoms with E-state index in [0.29, 0.717) is 11.4 Å². The fourth-order valence-electron chi connectivity index (χ4n) is 1.93. The molecule has 0 aliphatic heterocycles. The molecular weight excluding hydrogens is 308 g/mol. The minimum Gasteiger partial charge on any atom is -0.371 e. The maximum absolute atomic E-state index is 10.8. The molecule has 0 spiro atoms. The van der Waals surface area contributed by atoms with Gasteiger partial charge in [-0.2, -0.15) is 0 Å². The molecule has 4 nitrogen and oxygen atoms in total. The van der Waals surface area contributed by atoms with Gasteiger partial charge >= 0.3 is 0 Å². The van der Waals surface area contributed by atoms with Crippen molar-refractivity contribution in [2.24, 2.45) is 5.41 Å². The summed E-state index contributed by atoms with van der Waals surface area (Å²) in [4.78, 5) is 12.6. The number of nitro groups is 1. The Morgan fingerprint density at radius 2 is 2.00 bits per heavy atom. The van der Waals surface area contributed by atoms with Crippen molar-refractivity contribution in [3.05, 3.63) is 33.9 Å². The summed E-state index contributed by atoms with van der Waals surface area (Å²) < 4.78 is 0. The van der Waals surface area contributed by atoms with E-state index in [-0.39, 0.29) is 16.0 Å². The van der Waals surface area contributed by atoms with Crippen LogP contribution in [0.4, 0.5) is 11.4 Å². The topological polar surface area (TPSA) is 46.4 Å². The van der Waals surface area contributed by atoms with E-state index >= 15 is 0 Å². The quantitative estimate of drug-likeness (QED) is 0.468. The first-order valence-electron chi connectivity index (χ1n) is 6.24. The molecule has 1 atom stereocenters. The van der Waals surface area contributed by atoms with Gasteiger partial charge in [0.15, 0.2) is 0 Å². The van der Waals surface area contributed by atoms with E-state index in [2.05, 4.69) is 48.5 Å². The second-order valence-corrected chi connectivity index (χ2v) is 6.42. The highest BCUT2D eigenvalue weighted by Gasteiger charge is 2.25. The molecule has 1 rings (SSSR count). The number of alkyl halides is 1. The lowest BCUT2D eigenvalue weighted by molar-refractivity contribution is -0.384. The van der Waals surface area contributed by atoms with E-state index in [1.54, 1.807) is 12.1 Å². The molecule has 1 unspecified atom stereocenters. The SMILES string of the molecule is CC(N(C)c1ccc([N+](=O)[O-])cc1CBr)C(C)(C)C. The number of benzene rings is 1. The molecule has 1 aromatic rings. The first-order chi connectivity index (χ1) is 8.68. The zero-order valence-electron chi connectivity index (χ0n) is 12.1. The van der Waals surface area contributed by atoms with Gasteiger partial charge in [-0.1, -0.05) is 36.7 Å². The van der Waals surface area contributed by atoms with Gasteiger partial charge in [0.25, 0.3) is 5.69 Å². The normalized spacial score (nSPS) is 13.2. The Morgan fingerprint density at radius 3 is 2.42 bits per heavy atom. The third-order valence-electron chi connectivity index (χ3n) is 3.63. The van der Waals surface area contributed by atoms with Crippen molar-refractivity contribution in [2.45, 2.75) is 39.1 Å². The molecule has 0 bridgehead atoms. The molecule has 19 heavy (non-hydrogen) atoms. The summed E-state index contributed by atoms with van der Waals surface area (Å²) in [6, 6.07) is 5.35. The van der Waals surface area contributed by atoms with Crippen LogP contribution in [0.3, 0.4) is 0 Å². The largest absolute Gasteiger partial charge is 0.371 e. The van der Waals surface area contributed by atoms with Gasteiger partial charge in [-0.15, -0.1) is 0 Å². The van der Waals surface area contributed by atoms with Crippen LogP contribution in [0.15, 0.2) is 18.2 Å². The minimum absolute atomic E-state index is 0.134. The van der Waals surface area contributed by atoms with Gasteiger partial charge in [0, 0.05) is 36.2 Å². The van der Waals surface area contributed by atoms with Gasteiger partial charge in [0.1, 0.15) is 0 Å². The molecule has 0 saturated heterocycles. The number of non-ortho nitro benzene ring substituents is 1. The minimum atomic E-state index is -0.358. The van der Waals surface area contributed by atoms with Crippen LogP contribution >= 0.6 is 15.9 Å². The molecule has 0 fully saturated rings. The highest BCUT2D eigenvalue weighted by molar-refractivity contribution is 9.08. The van der Waals surface area contributed by atoms with Crippen molar-refractivity contribution in [3.63, 3.8) is 0 Å². The number of nitro benzene ring substituents is 1. The fraction of sp³-hybridized carbons (Fsp3) is 0.571. The Kier molecular flexibility index (Phi) is 4.96. The van der Waals surface area contributed by atoms with Crippen LogP contribution in [0.2, 0.25) is 0 Å². The Labute approximate surface area is 123 Å². The number of nitrogens with zero attached hydrogens (tertiary/aromatic N) is 2. The van der Waals surface area contributed by atoms with Crippen molar-refractivity contribution >= 4 is 27.3 Å². The molecular formula is C14H21BrN2O2. The number of hydrogen-bond donors (Lipinski definition) is 0. The number of halogens is 1. The van der Waals surface area contributed by atoms with Crippen LogP contribution < -0.4 is 4.90 Å². The first-order valence-corrected chi connectivity index (χ1v) is 7.36. The highest BCUT2D eigenvalue weighted by atomic mass is 79.9. The van der Waals surface area contributed by atoms with Crippen molar-refractivity contribution in [1.82, 2.24) is 0 Å². The van der Waals surface area contributed by atoms with Crippen LogP contribution in [0.25, 0.3) is 0 Å². The number of hydrogen-bond acceptors (Lipinski definition) is 3. The summed E-state index contributed by atoms with van der Waals surface area (Å²) in [5.41, 5.74) is 2.24. The summed E-state index contributed by atoms with van der Waals surface area (Å²) in [7, 11) is 2.03. The molecule has 5 heteroatoms. The summed E-state index contributed by atoms with van der Waals surface area (Å²) in [6.07, 6.45) is 0. The van der Waals surface area contributed by atoms with E-state index in [9.17, 15) is 10.1 Å². The third-order valence-corrected chi connectivity index (χ3v) is 4.24. The van der Waals surface area contributed by atoms with Crippen LogP contribution in [0, 0.1) is 15.5 Å². The first kappa shape index (κ1) is 16.0. The lowest BCUT2D eigenvalue weighted by Gasteiger charge is -2.37. The van der Waals surface area contributed by atoms with Gasteiger partial charge < -0.3 is 4.90 Å².